The molecule has 0 aliphatic heterocycles. The van der Waals surface area contributed by atoms with Crippen LogP contribution in [-0.2, 0) is 0 Å². The Morgan fingerprint density at radius 2 is 0.830 bits per heavy atom. The maximum absolute atomic E-state index is 5.27. The van der Waals surface area contributed by atoms with E-state index in [2.05, 4.69) is 170 Å². The first kappa shape index (κ1) is 29.9. The Bertz CT molecular complexity index is 3180. The third-order valence-corrected chi connectivity index (χ3v) is 11.6. The predicted octanol–water partition coefficient (Wildman–Crippen LogP) is 13.5. The van der Waals surface area contributed by atoms with Crippen molar-refractivity contribution in [3.63, 3.8) is 0 Å². The van der Waals surface area contributed by atoms with Crippen LogP contribution in [0.2, 0.25) is 0 Å². The number of aromatic nitrogens is 3. The Kier molecular flexibility index (Phi) is 6.73. The highest BCUT2D eigenvalue weighted by Crippen LogP contribution is 2.41. The normalized spacial score (nSPS) is 11.8. The number of pyridine rings is 1. The van der Waals surface area contributed by atoms with Crippen molar-refractivity contribution in [2.75, 3.05) is 0 Å². The molecule has 3 aromatic heterocycles. The summed E-state index contributed by atoms with van der Waals surface area (Å²) in [6, 6.07) is 62.5. The van der Waals surface area contributed by atoms with Gasteiger partial charge in [-0.25, -0.2) is 15.0 Å². The minimum absolute atomic E-state index is 0.689. The Hall–Kier alpha value is -6.75. The average molecular weight is 692 g/mol. The maximum Gasteiger partial charge on any atom is 0.160 e. The van der Waals surface area contributed by atoms with Crippen molar-refractivity contribution in [1.82, 2.24) is 15.0 Å². The third-order valence-electron chi connectivity index (χ3n) is 10.5. The van der Waals surface area contributed by atoms with Crippen LogP contribution in [-0.4, -0.2) is 15.0 Å². The summed E-state index contributed by atoms with van der Waals surface area (Å²) in [4.78, 5) is 16.7. The van der Waals surface area contributed by atoms with Gasteiger partial charge < -0.3 is 0 Å². The number of thiophene rings is 1. The summed E-state index contributed by atoms with van der Waals surface area (Å²) in [6.07, 6.45) is 0. The highest BCUT2D eigenvalue weighted by molar-refractivity contribution is 7.25. The van der Waals surface area contributed by atoms with Crippen molar-refractivity contribution in [3.8, 4) is 45.2 Å². The number of benzene rings is 8. The van der Waals surface area contributed by atoms with Crippen LogP contribution in [0.3, 0.4) is 0 Å². The van der Waals surface area contributed by atoms with Gasteiger partial charge >= 0.3 is 0 Å². The van der Waals surface area contributed by atoms with E-state index in [1.165, 1.54) is 53.2 Å². The minimum Gasteiger partial charge on any atom is -0.236 e. The van der Waals surface area contributed by atoms with E-state index in [0.29, 0.717) is 5.82 Å². The van der Waals surface area contributed by atoms with E-state index in [9.17, 15) is 0 Å². The minimum atomic E-state index is 0.689. The third kappa shape index (κ3) is 4.84. The Labute approximate surface area is 309 Å². The first-order valence-electron chi connectivity index (χ1n) is 17.9. The molecule has 0 saturated carbocycles. The molecule has 0 aliphatic carbocycles. The molecule has 0 fully saturated rings. The number of hydrogen-bond donors (Lipinski definition) is 0. The van der Waals surface area contributed by atoms with Crippen LogP contribution in [0.5, 0.6) is 0 Å². The van der Waals surface area contributed by atoms with E-state index in [-0.39, 0.29) is 0 Å². The molecule has 0 saturated heterocycles. The van der Waals surface area contributed by atoms with E-state index in [1.807, 2.05) is 6.07 Å². The van der Waals surface area contributed by atoms with Crippen molar-refractivity contribution < 1.29 is 0 Å². The maximum atomic E-state index is 5.27. The fraction of sp³-hybridized carbons (Fsp3) is 0. The van der Waals surface area contributed by atoms with Gasteiger partial charge in [-0.2, -0.15) is 0 Å². The van der Waals surface area contributed by atoms with Crippen molar-refractivity contribution >= 4 is 74.7 Å². The van der Waals surface area contributed by atoms with Gasteiger partial charge in [0.15, 0.2) is 5.82 Å². The van der Waals surface area contributed by atoms with Crippen molar-refractivity contribution in [2.45, 2.75) is 0 Å². The molecule has 0 amide bonds. The molecule has 3 nitrogen and oxygen atoms in total. The lowest BCUT2D eigenvalue weighted by Gasteiger charge is -2.13. The van der Waals surface area contributed by atoms with E-state index in [0.717, 1.165) is 49.6 Å². The van der Waals surface area contributed by atoms with Gasteiger partial charge in [0.2, 0.25) is 0 Å². The second-order valence-electron chi connectivity index (χ2n) is 13.5. The smallest absolute Gasteiger partial charge is 0.160 e. The predicted molar refractivity (Wildman–Crippen MR) is 224 cm³/mol. The largest absolute Gasteiger partial charge is 0.236 e. The summed E-state index contributed by atoms with van der Waals surface area (Å²) >= 11 is 1.75. The van der Waals surface area contributed by atoms with Crippen LogP contribution < -0.4 is 0 Å². The average Bonchev–Trinajstić information content (AvgIpc) is 3.62. The molecule has 3 heterocycles. The zero-order valence-corrected chi connectivity index (χ0v) is 29.3. The van der Waals surface area contributed by atoms with E-state index in [1.54, 1.807) is 11.3 Å². The monoisotopic (exact) mass is 691 g/mol. The lowest BCUT2D eigenvalue weighted by Crippen LogP contribution is -1.96. The molecule has 11 rings (SSSR count). The molecule has 246 valence electrons. The summed E-state index contributed by atoms with van der Waals surface area (Å²) in [5.74, 6) is 0.689. The highest BCUT2D eigenvalue weighted by Gasteiger charge is 2.17. The number of nitrogens with zero attached hydrogens (tertiary/aromatic N) is 3. The Morgan fingerprint density at radius 1 is 0.321 bits per heavy atom. The molecule has 0 spiro atoms. The van der Waals surface area contributed by atoms with Crippen molar-refractivity contribution in [2.24, 2.45) is 0 Å². The molecule has 53 heavy (non-hydrogen) atoms. The first-order chi connectivity index (χ1) is 26.3. The van der Waals surface area contributed by atoms with E-state index >= 15 is 0 Å². The molecule has 0 N–H and O–H groups in total. The van der Waals surface area contributed by atoms with Crippen LogP contribution >= 0.6 is 11.3 Å². The summed E-state index contributed by atoms with van der Waals surface area (Å²) in [6.45, 7) is 0. The van der Waals surface area contributed by atoms with Crippen LogP contribution in [0.15, 0.2) is 176 Å². The van der Waals surface area contributed by atoms with E-state index < -0.39 is 0 Å². The molecular weight excluding hydrogens is 663 g/mol. The summed E-state index contributed by atoms with van der Waals surface area (Å²) in [5, 5.41) is 12.4. The Morgan fingerprint density at radius 3 is 1.53 bits per heavy atom. The number of rotatable bonds is 4. The first-order valence-corrected chi connectivity index (χ1v) is 18.7. The van der Waals surface area contributed by atoms with Crippen LogP contribution in [0.25, 0.3) is 109 Å². The summed E-state index contributed by atoms with van der Waals surface area (Å²) in [7, 11) is 0. The molecule has 8 aromatic carbocycles. The zero-order valence-electron chi connectivity index (χ0n) is 28.5. The number of hydrogen-bond acceptors (Lipinski definition) is 4. The van der Waals surface area contributed by atoms with Gasteiger partial charge in [-0.15, -0.1) is 11.3 Å². The van der Waals surface area contributed by atoms with E-state index in [4.69, 9.17) is 15.0 Å². The number of fused-ring (bicyclic) bond motifs is 11. The second-order valence-corrected chi connectivity index (χ2v) is 14.6. The molecule has 4 heteroatoms. The highest BCUT2D eigenvalue weighted by atomic mass is 32.1. The van der Waals surface area contributed by atoms with Gasteiger partial charge in [-0.3, -0.25) is 0 Å². The van der Waals surface area contributed by atoms with Crippen molar-refractivity contribution in [1.29, 1.82) is 0 Å². The summed E-state index contributed by atoms with van der Waals surface area (Å²) in [5.41, 5.74) is 6.90. The van der Waals surface area contributed by atoms with Gasteiger partial charge in [-0.1, -0.05) is 158 Å². The van der Waals surface area contributed by atoms with Gasteiger partial charge in [0, 0.05) is 43.1 Å². The Balaban J connectivity index is 1.07. The lowest BCUT2D eigenvalue weighted by atomic mass is 9.92. The van der Waals surface area contributed by atoms with Gasteiger partial charge in [-0.05, 0) is 55.9 Å². The van der Waals surface area contributed by atoms with Gasteiger partial charge in [0.1, 0.15) is 4.83 Å². The second kappa shape index (κ2) is 11.9. The fourth-order valence-electron chi connectivity index (χ4n) is 7.99. The van der Waals surface area contributed by atoms with Crippen LogP contribution in [0.4, 0.5) is 0 Å². The van der Waals surface area contributed by atoms with Crippen LogP contribution in [0.1, 0.15) is 0 Å². The fourth-order valence-corrected chi connectivity index (χ4v) is 9.08. The standard InChI is InChI=1S/C49H29N3S/c1-2-12-30(13-3-1)43-29-44(33-26-27-38-36-16-5-4-14-34(36)35-15-6-7-17-37(35)42(38)28-33)51-48(50-43)32-24-22-31(23-25-32)47-40-19-9-8-18-39(40)46-41-20-10-11-21-45(41)53-49(46)52-47/h1-29H. The molecule has 11 aromatic rings. The summed E-state index contributed by atoms with van der Waals surface area (Å²) < 4.78 is 1.26. The molecule has 0 unspecified atom stereocenters. The topological polar surface area (TPSA) is 38.7 Å². The van der Waals surface area contributed by atoms with Crippen LogP contribution in [0, 0.1) is 0 Å². The van der Waals surface area contributed by atoms with Crippen molar-refractivity contribution in [3.05, 3.63) is 176 Å². The van der Waals surface area contributed by atoms with Gasteiger partial charge in [0.25, 0.3) is 0 Å². The van der Waals surface area contributed by atoms with Gasteiger partial charge in [0.05, 0.1) is 17.1 Å². The molecule has 0 bridgehead atoms. The quantitative estimate of drug-likeness (QED) is 0.172. The lowest BCUT2D eigenvalue weighted by molar-refractivity contribution is 1.18. The molecule has 0 radical (unpaired) electrons. The molecule has 0 aliphatic rings. The SMILES string of the molecule is c1ccc(-c2cc(-c3ccc4c5ccccc5c5ccccc5c4c3)nc(-c3ccc(-c4nc5sc6ccccc6c5c5ccccc45)cc3)n2)cc1. The molecular formula is C49H29N3S. The zero-order chi connectivity index (χ0) is 34.9. The molecule has 0 atom stereocenters.